The highest BCUT2D eigenvalue weighted by atomic mass is 16.4. The Labute approximate surface area is 141 Å². The Morgan fingerprint density at radius 3 is 2.75 bits per heavy atom. The van der Waals surface area contributed by atoms with Crippen LogP contribution in [-0.2, 0) is 26.1 Å². The fourth-order valence-electron chi connectivity index (χ4n) is 2.83. The minimum Gasteiger partial charge on any atom is -0.444 e. The first-order valence-corrected chi connectivity index (χ1v) is 8.45. The first kappa shape index (κ1) is 16.5. The van der Waals surface area contributed by atoms with Gasteiger partial charge in [0.1, 0.15) is 11.6 Å². The summed E-state index contributed by atoms with van der Waals surface area (Å²) in [7, 11) is 1.74. The Balaban J connectivity index is 1.55. The van der Waals surface area contributed by atoms with Crippen molar-refractivity contribution in [2.24, 2.45) is 4.99 Å². The third-order valence-electron chi connectivity index (χ3n) is 4.30. The lowest BCUT2D eigenvalue weighted by molar-refractivity contribution is 0.463. The predicted octanol–water partition coefficient (Wildman–Crippen LogP) is 1.47. The van der Waals surface area contributed by atoms with Crippen LogP contribution in [0.2, 0.25) is 0 Å². The standard InChI is InChI=1S/C16H25N7O/c1-11-12(2)24-15(20-11)10-19-16(17-3)18-9-14-22-21-13-7-5-4-6-8-23(13)14/h4-10H2,1-3H3,(H2,17,18,19). The first-order chi connectivity index (χ1) is 11.7. The quantitative estimate of drug-likeness (QED) is 0.651. The van der Waals surface area contributed by atoms with Gasteiger partial charge in [-0.3, -0.25) is 4.99 Å². The van der Waals surface area contributed by atoms with Crippen molar-refractivity contribution >= 4 is 5.96 Å². The number of aromatic nitrogens is 4. The Morgan fingerprint density at radius 2 is 2.00 bits per heavy atom. The molecule has 0 amide bonds. The molecule has 0 aromatic carbocycles. The summed E-state index contributed by atoms with van der Waals surface area (Å²) in [6, 6.07) is 0. The van der Waals surface area contributed by atoms with Crippen LogP contribution in [0.4, 0.5) is 0 Å². The van der Waals surface area contributed by atoms with Crippen LogP contribution in [0, 0.1) is 13.8 Å². The summed E-state index contributed by atoms with van der Waals surface area (Å²) in [5.74, 6) is 4.25. The van der Waals surface area contributed by atoms with Crippen LogP contribution in [0.15, 0.2) is 9.41 Å². The zero-order valence-corrected chi connectivity index (χ0v) is 14.6. The molecule has 130 valence electrons. The summed E-state index contributed by atoms with van der Waals surface area (Å²) in [6.45, 7) is 5.94. The Kier molecular flexibility index (Phi) is 5.12. The van der Waals surface area contributed by atoms with E-state index in [2.05, 4.69) is 35.4 Å². The molecular weight excluding hydrogens is 306 g/mol. The van der Waals surface area contributed by atoms with Crippen molar-refractivity contribution in [1.82, 2.24) is 30.4 Å². The maximum absolute atomic E-state index is 5.56. The molecule has 0 aliphatic carbocycles. The molecule has 0 saturated carbocycles. The highest BCUT2D eigenvalue weighted by molar-refractivity contribution is 5.79. The van der Waals surface area contributed by atoms with Gasteiger partial charge >= 0.3 is 0 Å². The number of guanidine groups is 1. The van der Waals surface area contributed by atoms with Gasteiger partial charge in [0.05, 0.1) is 18.8 Å². The molecule has 0 unspecified atom stereocenters. The van der Waals surface area contributed by atoms with E-state index in [0.717, 1.165) is 36.1 Å². The first-order valence-electron chi connectivity index (χ1n) is 8.45. The largest absolute Gasteiger partial charge is 0.444 e. The number of fused-ring (bicyclic) bond motifs is 1. The second-order valence-electron chi connectivity index (χ2n) is 6.02. The van der Waals surface area contributed by atoms with Gasteiger partial charge in [0.25, 0.3) is 0 Å². The molecule has 2 aromatic heterocycles. The minimum absolute atomic E-state index is 0.492. The van der Waals surface area contributed by atoms with Crippen LogP contribution >= 0.6 is 0 Å². The summed E-state index contributed by atoms with van der Waals surface area (Å²) in [6.07, 6.45) is 4.66. The topological polar surface area (TPSA) is 93.2 Å². The van der Waals surface area contributed by atoms with Crippen molar-refractivity contribution in [2.75, 3.05) is 7.05 Å². The van der Waals surface area contributed by atoms with E-state index in [1.165, 1.54) is 19.3 Å². The van der Waals surface area contributed by atoms with E-state index < -0.39 is 0 Å². The number of aryl methyl sites for hydroxylation is 3. The molecular formula is C16H25N7O. The van der Waals surface area contributed by atoms with Crippen LogP contribution in [0.1, 0.15) is 48.3 Å². The van der Waals surface area contributed by atoms with Crippen molar-refractivity contribution in [3.05, 3.63) is 29.0 Å². The molecule has 2 aromatic rings. The average Bonchev–Trinajstić information content (AvgIpc) is 3.01. The maximum Gasteiger partial charge on any atom is 0.214 e. The number of nitrogens with zero attached hydrogens (tertiary/aromatic N) is 5. The van der Waals surface area contributed by atoms with Gasteiger partial charge in [0, 0.05) is 20.0 Å². The number of rotatable bonds is 4. The summed E-state index contributed by atoms with van der Waals surface area (Å²) in [4.78, 5) is 8.59. The fourth-order valence-corrected chi connectivity index (χ4v) is 2.83. The Hall–Kier alpha value is -2.38. The molecule has 1 aliphatic rings. The maximum atomic E-state index is 5.56. The molecule has 2 N–H and O–H groups in total. The van der Waals surface area contributed by atoms with Crippen LogP contribution in [0.3, 0.4) is 0 Å². The zero-order chi connectivity index (χ0) is 16.9. The van der Waals surface area contributed by atoms with Crippen LogP contribution in [-0.4, -0.2) is 32.8 Å². The number of nitrogens with one attached hydrogen (secondary N) is 2. The van der Waals surface area contributed by atoms with E-state index in [-0.39, 0.29) is 0 Å². The van der Waals surface area contributed by atoms with Gasteiger partial charge in [-0.2, -0.15) is 0 Å². The monoisotopic (exact) mass is 331 g/mol. The smallest absolute Gasteiger partial charge is 0.214 e. The van der Waals surface area contributed by atoms with Gasteiger partial charge < -0.3 is 19.6 Å². The normalized spacial score (nSPS) is 15.0. The molecule has 1 aliphatic heterocycles. The lowest BCUT2D eigenvalue weighted by Crippen LogP contribution is -2.37. The molecule has 3 heterocycles. The van der Waals surface area contributed by atoms with Crippen molar-refractivity contribution in [2.45, 2.75) is 59.2 Å². The molecule has 0 fully saturated rings. The molecule has 24 heavy (non-hydrogen) atoms. The third kappa shape index (κ3) is 3.74. The SMILES string of the molecule is CN=C(NCc1nc(C)c(C)o1)NCc1nnc2n1CCCCC2. The van der Waals surface area contributed by atoms with E-state index in [1.54, 1.807) is 7.05 Å². The summed E-state index contributed by atoms with van der Waals surface area (Å²) >= 11 is 0. The van der Waals surface area contributed by atoms with E-state index in [1.807, 2.05) is 13.8 Å². The number of oxazole rings is 1. The van der Waals surface area contributed by atoms with Gasteiger partial charge in [-0.05, 0) is 26.7 Å². The fraction of sp³-hybridized carbons (Fsp3) is 0.625. The summed E-state index contributed by atoms with van der Waals surface area (Å²) in [5.41, 5.74) is 0.917. The Morgan fingerprint density at radius 1 is 1.17 bits per heavy atom. The van der Waals surface area contributed by atoms with Crippen LogP contribution in [0.25, 0.3) is 0 Å². The molecule has 8 nitrogen and oxygen atoms in total. The van der Waals surface area contributed by atoms with Gasteiger partial charge in [-0.1, -0.05) is 6.42 Å². The number of aliphatic imine (C=N–C) groups is 1. The molecule has 0 atom stereocenters. The minimum atomic E-state index is 0.492. The van der Waals surface area contributed by atoms with E-state index >= 15 is 0 Å². The van der Waals surface area contributed by atoms with E-state index in [4.69, 9.17) is 4.42 Å². The van der Waals surface area contributed by atoms with Crippen LogP contribution < -0.4 is 10.6 Å². The third-order valence-corrected chi connectivity index (χ3v) is 4.30. The molecule has 8 heteroatoms. The van der Waals surface area contributed by atoms with Gasteiger partial charge in [0.15, 0.2) is 11.8 Å². The molecule has 3 rings (SSSR count). The molecule has 0 spiro atoms. The van der Waals surface area contributed by atoms with Crippen molar-refractivity contribution in [3.63, 3.8) is 0 Å². The Bertz CT molecular complexity index is 697. The van der Waals surface area contributed by atoms with Crippen molar-refractivity contribution in [1.29, 1.82) is 0 Å². The van der Waals surface area contributed by atoms with E-state index in [0.29, 0.717) is 24.9 Å². The highest BCUT2D eigenvalue weighted by Crippen LogP contribution is 2.14. The average molecular weight is 331 g/mol. The summed E-state index contributed by atoms with van der Waals surface area (Å²) in [5, 5.41) is 15.1. The molecule has 0 radical (unpaired) electrons. The van der Waals surface area contributed by atoms with Crippen molar-refractivity contribution in [3.8, 4) is 0 Å². The lowest BCUT2D eigenvalue weighted by atomic mass is 10.2. The van der Waals surface area contributed by atoms with Gasteiger partial charge in [-0.25, -0.2) is 4.98 Å². The molecule has 0 bridgehead atoms. The zero-order valence-electron chi connectivity index (χ0n) is 14.6. The molecule has 0 saturated heterocycles. The van der Waals surface area contributed by atoms with E-state index in [9.17, 15) is 0 Å². The number of hydrogen-bond donors (Lipinski definition) is 2. The van der Waals surface area contributed by atoms with Gasteiger partial charge in [-0.15, -0.1) is 10.2 Å². The lowest BCUT2D eigenvalue weighted by Gasteiger charge is -2.11. The predicted molar refractivity (Wildman–Crippen MR) is 90.6 cm³/mol. The van der Waals surface area contributed by atoms with Gasteiger partial charge in [0.2, 0.25) is 5.89 Å². The summed E-state index contributed by atoms with van der Waals surface area (Å²) < 4.78 is 7.80. The highest BCUT2D eigenvalue weighted by Gasteiger charge is 2.14. The van der Waals surface area contributed by atoms with Crippen LogP contribution in [0.5, 0.6) is 0 Å². The second-order valence-corrected chi connectivity index (χ2v) is 6.02. The second kappa shape index (κ2) is 7.46. The van der Waals surface area contributed by atoms with Crippen molar-refractivity contribution < 1.29 is 4.42 Å². The number of hydrogen-bond acceptors (Lipinski definition) is 5.